The summed E-state index contributed by atoms with van der Waals surface area (Å²) in [6.07, 6.45) is 10.9. The fourth-order valence-corrected chi connectivity index (χ4v) is 6.21. The summed E-state index contributed by atoms with van der Waals surface area (Å²) in [5.74, 6) is 0.708. The van der Waals surface area contributed by atoms with E-state index < -0.39 is 0 Å². The van der Waals surface area contributed by atoms with Crippen LogP contribution in [0.2, 0.25) is 0 Å². The Hall–Kier alpha value is -1.70. The number of carbonyl (C=O) groups is 1. The Morgan fingerprint density at radius 3 is 3.11 bits per heavy atom. The third-order valence-electron chi connectivity index (χ3n) is 6.46. The Morgan fingerprint density at radius 1 is 1.39 bits per heavy atom. The number of rotatable bonds is 3. The molecule has 0 bridgehead atoms. The van der Waals surface area contributed by atoms with Gasteiger partial charge in [-0.05, 0) is 56.3 Å². The van der Waals surface area contributed by atoms with E-state index in [1.807, 2.05) is 18.7 Å². The van der Waals surface area contributed by atoms with E-state index in [9.17, 15) is 4.79 Å². The second-order valence-corrected chi connectivity index (χ2v) is 9.45. The van der Waals surface area contributed by atoms with Gasteiger partial charge in [0.15, 0.2) is 0 Å². The number of piperidine rings is 2. The van der Waals surface area contributed by atoms with E-state index in [0.29, 0.717) is 5.92 Å². The molecule has 0 aromatic carbocycles. The Balaban J connectivity index is 1.33. The molecule has 3 aliphatic rings. The van der Waals surface area contributed by atoms with E-state index >= 15 is 0 Å². The molecule has 1 N–H and O–H groups in total. The molecule has 0 radical (unpaired) electrons. The summed E-state index contributed by atoms with van der Waals surface area (Å²) in [5, 5.41) is 3.43. The lowest BCUT2D eigenvalue weighted by Gasteiger charge is -2.40. The van der Waals surface area contributed by atoms with Crippen LogP contribution in [-0.2, 0) is 23.3 Å². The third-order valence-corrected chi connectivity index (χ3v) is 7.65. The van der Waals surface area contributed by atoms with Crippen LogP contribution >= 0.6 is 11.3 Å². The molecule has 0 aliphatic carbocycles. The minimum atomic E-state index is -0.167. The first kappa shape index (κ1) is 18.3. The molecule has 5 heterocycles. The maximum Gasteiger partial charge on any atom is 0.263 e. The molecule has 1 unspecified atom stereocenters. The molecule has 1 spiro atoms. The molecule has 7 heteroatoms. The predicted octanol–water partition coefficient (Wildman–Crippen LogP) is 2.65. The number of carbonyl (C=O) groups excluding carboxylic acids is 1. The van der Waals surface area contributed by atoms with E-state index in [-0.39, 0.29) is 11.5 Å². The smallest absolute Gasteiger partial charge is 0.263 e. The van der Waals surface area contributed by atoms with Crippen molar-refractivity contribution in [2.45, 2.75) is 44.2 Å². The summed E-state index contributed by atoms with van der Waals surface area (Å²) in [4.78, 5) is 21.8. The Kier molecular flexibility index (Phi) is 4.99. The first-order valence-electron chi connectivity index (χ1n) is 10.5. The monoisotopic (exact) mass is 400 g/mol. The first-order valence-corrected chi connectivity index (χ1v) is 11.3. The van der Waals surface area contributed by atoms with Gasteiger partial charge < -0.3 is 19.5 Å². The highest BCUT2D eigenvalue weighted by Crippen LogP contribution is 2.43. The standard InChI is InChI=1S/C21H28N4O2S/c26-20(25-9-1-2-16(14-25)13-24-10-8-23-15-24)19-12-17-18(28-19)3-11-27-21(17)4-6-22-7-5-21/h8,10,12,15-16,22H,1-7,9,11,13-14H2. The SMILES string of the molecule is O=C(c1cc2c(s1)CCOC21CCNCC1)N1CCCC(Cn2ccnc2)C1. The minimum Gasteiger partial charge on any atom is -0.370 e. The van der Waals surface area contributed by atoms with E-state index in [2.05, 4.69) is 25.8 Å². The number of hydrogen-bond acceptors (Lipinski definition) is 5. The maximum absolute atomic E-state index is 13.3. The van der Waals surface area contributed by atoms with Gasteiger partial charge in [-0.15, -0.1) is 11.3 Å². The van der Waals surface area contributed by atoms with Crippen molar-refractivity contribution in [2.24, 2.45) is 5.92 Å². The third kappa shape index (κ3) is 3.40. The number of aromatic nitrogens is 2. The minimum absolute atomic E-state index is 0.167. The highest BCUT2D eigenvalue weighted by molar-refractivity contribution is 7.14. The van der Waals surface area contributed by atoms with Crippen LogP contribution in [0.3, 0.4) is 0 Å². The van der Waals surface area contributed by atoms with Crippen LogP contribution in [0, 0.1) is 5.92 Å². The van der Waals surface area contributed by atoms with Crippen LogP contribution in [0.5, 0.6) is 0 Å². The zero-order valence-electron chi connectivity index (χ0n) is 16.2. The topological polar surface area (TPSA) is 59.4 Å². The molecule has 1 atom stereocenters. The van der Waals surface area contributed by atoms with E-state index in [1.165, 1.54) is 16.9 Å². The predicted molar refractivity (Wildman–Crippen MR) is 109 cm³/mol. The highest BCUT2D eigenvalue weighted by atomic mass is 32.1. The average Bonchev–Trinajstić information content (AvgIpc) is 3.39. The number of nitrogens with zero attached hydrogens (tertiary/aromatic N) is 3. The van der Waals surface area contributed by atoms with Crippen LogP contribution in [0.25, 0.3) is 0 Å². The lowest BCUT2D eigenvalue weighted by molar-refractivity contribution is -0.0792. The van der Waals surface area contributed by atoms with Crippen molar-refractivity contribution in [2.75, 3.05) is 32.8 Å². The quantitative estimate of drug-likeness (QED) is 0.861. The molecular weight excluding hydrogens is 372 g/mol. The summed E-state index contributed by atoms with van der Waals surface area (Å²) < 4.78 is 8.41. The molecule has 2 aromatic rings. The van der Waals surface area contributed by atoms with Crippen molar-refractivity contribution in [1.82, 2.24) is 19.8 Å². The van der Waals surface area contributed by atoms with Gasteiger partial charge in [-0.2, -0.15) is 0 Å². The van der Waals surface area contributed by atoms with Gasteiger partial charge >= 0.3 is 0 Å². The number of imidazole rings is 1. The number of thiophene rings is 1. The van der Waals surface area contributed by atoms with Gasteiger partial charge in [-0.1, -0.05) is 0 Å². The van der Waals surface area contributed by atoms with E-state index in [4.69, 9.17) is 4.74 Å². The number of ether oxygens (including phenoxy) is 1. The molecule has 0 saturated carbocycles. The first-order chi connectivity index (χ1) is 13.7. The fraction of sp³-hybridized carbons (Fsp3) is 0.619. The van der Waals surface area contributed by atoms with Crippen LogP contribution in [0.4, 0.5) is 0 Å². The second-order valence-electron chi connectivity index (χ2n) is 8.31. The van der Waals surface area contributed by atoms with Crippen molar-refractivity contribution < 1.29 is 9.53 Å². The molecule has 5 rings (SSSR count). The van der Waals surface area contributed by atoms with Gasteiger partial charge in [0.05, 0.1) is 23.4 Å². The fourth-order valence-electron chi connectivity index (χ4n) is 5.01. The molecule has 2 saturated heterocycles. The number of nitrogens with one attached hydrogen (secondary N) is 1. The van der Waals surface area contributed by atoms with Crippen LogP contribution in [0.15, 0.2) is 24.8 Å². The Morgan fingerprint density at radius 2 is 2.29 bits per heavy atom. The van der Waals surface area contributed by atoms with E-state index in [0.717, 1.165) is 69.9 Å². The molecule has 1 amide bonds. The Labute approximate surface area is 169 Å². The molecule has 6 nitrogen and oxygen atoms in total. The average molecular weight is 401 g/mol. The second kappa shape index (κ2) is 7.61. The van der Waals surface area contributed by atoms with Crippen molar-refractivity contribution in [1.29, 1.82) is 0 Å². The lowest BCUT2D eigenvalue weighted by atomic mass is 9.83. The van der Waals surface area contributed by atoms with Crippen molar-refractivity contribution in [3.8, 4) is 0 Å². The van der Waals surface area contributed by atoms with Gasteiger partial charge in [-0.3, -0.25) is 4.79 Å². The van der Waals surface area contributed by atoms with Crippen LogP contribution < -0.4 is 5.32 Å². The van der Waals surface area contributed by atoms with Crippen molar-refractivity contribution in [3.05, 3.63) is 40.1 Å². The summed E-state index contributed by atoms with van der Waals surface area (Å²) in [6.45, 7) is 5.40. The maximum atomic E-state index is 13.3. The number of likely N-dealkylation sites (tertiary alicyclic amines) is 1. The van der Waals surface area contributed by atoms with E-state index in [1.54, 1.807) is 11.3 Å². The molecule has 150 valence electrons. The van der Waals surface area contributed by atoms with Crippen molar-refractivity contribution in [3.63, 3.8) is 0 Å². The zero-order chi connectivity index (χ0) is 19.0. The molecule has 3 aliphatic heterocycles. The largest absolute Gasteiger partial charge is 0.370 e. The summed E-state index contributed by atoms with van der Waals surface area (Å²) >= 11 is 1.70. The van der Waals surface area contributed by atoms with Gasteiger partial charge in [-0.25, -0.2) is 4.98 Å². The zero-order valence-corrected chi connectivity index (χ0v) is 17.0. The molecular formula is C21H28N4O2S. The summed E-state index contributed by atoms with van der Waals surface area (Å²) in [6, 6.07) is 2.16. The van der Waals surface area contributed by atoms with Crippen LogP contribution in [-0.4, -0.2) is 53.1 Å². The number of amides is 1. The van der Waals surface area contributed by atoms with Crippen LogP contribution in [0.1, 0.15) is 45.8 Å². The van der Waals surface area contributed by atoms with Gasteiger partial charge in [0.25, 0.3) is 5.91 Å². The summed E-state index contributed by atoms with van der Waals surface area (Å²) in [7, 11) is 0. The van der Waals surface area contributed by atoms with Gasteiger partial charge in [0, 0.05) is 43.3 Å². The van der Waals surface area contributed by atoms with Gasteiger partial charge in [0.1, 0.15) is 0 Å². The molecule has 2 aromatic heterocycles. The highest BCUT2D eigenvalue weighted by Gasteiger charge is 2.41. The Bertz CT molecular complexity index is 826. The van der Waals surface area contributed by atoms with Gasteiger partial charge in [0.2, 0.25) is 0 Å². The number of fused-ring (bicyclic) bond motifs is 2. The van der Waals surface area contributed by atoms with Crippen molar-refractivity contribution >= 4 is 17.2 Å². The summed E-state index contributed by atoms with van der Waals surface area (Å²) in [5.41, 5.74) is 1.13. The molecule has 2 fully saturated rings. The molecule has 28 heavy (non-hydrogen) atoms. The lowest BCUT2D eigenvalue weighted by Crippen LogP contribution is -2.44. The number of hydrogen-bond donors (Lipinski definition) is 1. The normalized spacial score (nSPS) is 24.3.